The number of rotatable bonds is 12. The molecule has 1 unspecified atom stereocenters. The zero-order chi connectivity index (χ0) is 48.3. The number of amides is 3. The lowest BCUT2D eigenvalue weighted by Gasteiger charge is -2.36. The largest absolute Gasteiger partial charge is 0.480 e. The summed E-state index contributed by atoms with van der Waals surface area (Å²) < 4.78 is 42.8. The molecule has 2 aromatic carbocycles. The predicted molar refractivity (Wildman–Crippen MR) is 249 cm³/mol. The van der Waals surface area contributed by atoms with Crippen LogP contribution in [0.1, 0.15) is 72.2 Å². The Bertz CT molecular complexity index is 2970. The van der Waals surface area contributed by atoms with Crippen LogP contribution < -0.4 is 15.0 Å². The lowest BCUT2D eigenvalue weighted by molar-refractivity contribution is -0.139. The number of likely N-dealkylation sites (tertiary alicyclic amines) is 2. The second kappa shape index (κ2) is 20.1. The maximum absolute atomic E-state index is 15.3. The highest BCUT2D eigenvalue weighted by Gasteiger charge is 2.31. The minimum Gasteiger partial charge on any atom is -0.480 e. The van der Waals surface area contributed by atoms with Gasteiger partial charge < -0.3 is 19.3 Å². The average molecular weight is 953 g/mol. The van der Waals surface area contributed by atoms with Gasteiger partial charge in [-0.05, 0) is 80.6 Å². The number of carbonyl (C=O) groups excluding carboxylic acids is 4. The van der Waals surface area contributed by atoms with Gasteiger partial charge in [0, 0.05) is 100.0 Å². The van der Waals surface area contributed by atoms with Gasteiger partial charge in [-0.25, -0.2) is 23.1 Å². The zero-order valence-corrected chi connectivity index (χ0v) is 38.3. The van der Waals surface area contributed by atoms with Crippen LogP contribution in [0.25, 0.3) is 28.0 Å². The number of nitriles is 1. The standard InChI is InChI=1S/C50H50F2N12O6/c51-35-9-14-54-36(23-35)28-60-19-21-61(22-20-60)37-3-1-33(2-4-37)48-44-25-42(50(68)69-31-53)58-64(44)29-43(56-48)34-26-55-63(27-34)38-12-17-62(18-13-38)47(66)30-59-15-10-32(11-16-59)40-6-5-39(24-41(40)52)70-45-7-8-46(65)57-49(45)67/h1-6,9,14,23-27,29,32,38,45H,7-8,10-13,15-22,28,30H2,(H,57,65,67). The van der Waals surface area contributed by atoms with Crippen molar-refractivity contribution in [3.63, 3.8) is 0 Å². The molecule has 70 heavy (non-hydrogen) atoms. The number of hydrogen-bond donors (Lipinski definition) is 1. The molecule has 4 saturated heterocycles. The minimum atomic E-state index is -0.874. The molecule has 4 fully saturated rings. The van der Waals surface area contributed by atoms with Crippen molar-refractivity contribution in [2.45, 2.75) is 63.1 Å². The van der Waals surface area contributed by atoms with Crippen molar-refractivity contribution in [1.29, 1.82) is 5.26 Å². The normalized spacial score (nSPS) is 18.7. The van der Waals surface area contributed by atoms with Crippen LogP contribution in [-0.4, -0.2) is 133 Å². The third-order valence-electron chi connectivity index (χ3n) is 13.8. The molecule has 10 rings (SSSR count). The number of piperidine rings is 3. The molecule has 4 aliphatic heterocycles. The molecular formula is C50H50F2N12O6. The lowest BCUT2D eigenvalue weighted by Crippen LogP contribution is -2.46. The fourth-order valence-corrected chi connectivity index (χ4v) is 9.90. The molecule has 1 atom stereocenters. The van der Waals surface area contributed by atoms with Crippen molar-refractivity contribution in [2.24, 2.45) is 0 Å². The van der Waals surface area contributed by atoms with E-state index in [1.165, 1.54) is 30.7 Å². The first-order valence-corrected chi connectivity index (χ1v) is 23.6. The number of imide groups is 1. The number of benzene rings is 2. The molecule has 3 amide bonds. The maximum Gasteiger partial charge on any atom is 0.374 e. The fraction of sp³-hybridized carbons (Fsp3) is 0.380. The van der Waals surface area contributed by atoms with E-state index in [-0.39, 0.29) is 53.9 Å². The summed E-state index contributed by atoms with van der Waals surface area (Å²) in [6, 6.07) is 17.1. The van der Waals surface area contributed by atoms with E-state index < -0.39 is 23.8 Å². The molecule has 8 heterocycles. The van der Waals surface area contributed by atoms with Crippen molar-refractivity contribution in [3.8, 4) is 34.5 Å². The van der Waals surface area contributed by atoms with E-state index >= 15 is 4.39 Å². The number of ether oxygens (including phenoxy) is 2. The van der Waals surface area contributed by atoms with E-state index in [0.29, 0.717) is 93.1 Å². The molecule has 0 radical (unpaired) electrons. The summed E-state index contributed by atoms with van der Waals surface area (Å²) in [6.45, 7) is 6.52. The Morgan fingerprint density at radius 1 is 0.843 bits per heavy atom. The first kappa shape index (κ1) is 46.1. The topological polar surface area (TPSA) is 196 Å². The highest BCUT2D eigenvalue weighted by atomic mass is 19.1. The predicted octanol–water partition coefficient (Wildman–Crippen LogP) is 5.12. The minimum absolute atomic E-state index is 0.00971. The van der Waals surface area contributed by atoms with Crippen molar-refractivity contribution in [1.82, 2.24) is 49.4 Å². The number of halogens is 2. The number of carbonyl (C=O) groups is 4. The number of fused-ring (bicyclic) bond motifs is 1. The highest BCUT2D eigenvalue weighted by Crippen LogP contribution is 2.34. The van der Waals surface area contributed by atoms with Crippen LogP contribution in [0.15, 0.2) is 85.5 Å². The van der Waals surface area contributed by atoms with Gasteiger partial charge in [-0.3, -0.25) is 39.2 Å². The first-order valence-electron chi connectivity index (χ1n) is 23.6. The Morgan fingerprint density at radius 2 is 1.63 bits per heavy atom. The number of hydrogen-bond acceptors (Lipinski definition) is 14. The Morgan fingerprint density at radius 3 is 2.36 bits per heavy atom. The first-order chi connectivity index (χ1) is 34.0. The molecule has 0 saturated carbocycles. The van der Waals surface area contributed by atoms with E-state index in [4.69, 9.17) is 20.1 Å². The Balaban J connectivity index is 0.747. The van der Waals surface area contributed by atoms with Crippen LogP contribution in [0.3, 0.4) is 0 Å². The van der Waals surface area contributed by atoms with Crippen molar-refractivity contribution in [2.75, 3.05) is 63.8 Å². The highest BCUT2D eigenvalue weighted by molar-refractivity contribution is 6.00. The number of piperazine rings is 1. The summed E-state index contributed by atoms with van der Waals surface area (Å²) in [5, 5.41) is 20.4. The van der Waals surface area contributed by atoms with Crippen molar-refractivity contribution >= 4 is 34.9 Å². The Hall–Kier alpha value is -7.63. The van der Waals surface area contributed by atoms with Crippen molar-refractivity contribution < 1.29 is 37.4 Å². The van der Waals surface area contributed by atoms with Gasteiger partial charge in [0.2, 0.25) is 11.8 Å². The maximum atomic E-state index is 15.3. The molecular weight excluding hydrogens is 903 g/mol. The number of pyridine rings is 1. The van der Waals surface area contributed by atoms with Crippen molar-refractivity contribution in [3.05, 3.63) is 114 Å². The van der Waals surface area contributed by atoms with E-state index in [1.54, 1.807) is 35.1 Å². The van der Waals surface area contributed by atoms with Crippen LogP contribution in [0.2, 0.25) is 0 Å². The SMILES string of the molecule is N#COC(=O)c1cc2c(-c3ccc(N4CCN(Cc5cc(F)ccn5)CC4)cc3)nc(-c3cnn(C4CCN(C(=O)CN5CCC(c6ccc(OC7CCC(=O)NC7=O)cc6F)CC5)CC4)c3)cn2n1. The molecule has 20 heteroatoms. The fourth-order valence-electron chi connectivity index (χ4n) is 9.90. The zero-order valence-electron chi connectivity index (χ0n) is 38.3. The Labute approximate surface area is 401 Å². The second-order valence-electron chi connectivity index (χ2n) is 18.2. The number of esters is 1. The van der Waals surface area contributed by atoms with Gasteiger partial charge in [-0.15, -0.1) is 5.26 Å². The molecule has 1 N–H and O–H groups in total. The van der Waals surface area contributed by atoms with Crippen LogP contribution in [-0.2, 0) is 25.7 Å². The van der Waals surface area contributed by atoms with Gasteiger partial charge in [0.25, 0.3) is 12.2 Å². The number of aromatic nitrogens is 6. The summed E-state index contributed by atoms with van der Waals surface area (Å²) in [7, 11) is 0. The monoisotopic (exact) mass is 952 g/mol. The lowest BCUT2D eigenvalue weighted by atomic mass is 9.89. The molecule has 360 valence electrons. The van der Waals surface area contributed by atoms with Gasteiger partial charge in [-0.2, -0.15) is 10.2 Å². The van der Waals surface area contributed by atoms with Gasteiger partial charge in [0.05, 0.1) is 47.6 Å². The number of anilines is 1. The van der Waals surface area contributed by atoms with Gasteiger partial charge in [0.15, 0.2) is 11.8 Å². The molecule has 18 nitrogen and oxygen atoms in total. The van der Waals surface area contributed by atoms with E-state index in [0.717, 1.165) is 43.0 Å². The molecule has 4 aliphatic rings. The second-order valence-corrected chi connectivity index (χ2v) is 18.2. The van der Waals surface area contributed by atoms with Crippen LogP contribution >= 0.6 is 0 Å². The molecule has 0 aliphatic carbocycles. The van der Waals surface area contributed by atoms with E-state index in [9.17, 15) is 23.6 Å². The summed E-state index contributed by atoms with van der Waals surface area (Å²) >= 11 is 0. The summed E-state index contributed by atoms with van der Waals surface area (Å²) in [5.41, 5.74) is 5.52. The molecule has 6 aromatic rings. The summed E-state index contributed by atoms with van der Waals surface area (Å²) in [5.74, 6) is -2.13. The van der Waals surface area contributed by atoms with Crippen LogP contribution in [0.4, 0.5) is 14.5 Å². The number of nitrogens with one attached hydrogen (secondary N) is 1. The molecule has 0 spiro atoms. The quantitative estimate of drug-likeness (QED) is 0.0964. The summed E-state index contributed by atoms with van der Waals surface area (Å²) in [4.78, 5) is 67.7. The van der Waals surface area contributed by atoms with E-state index in [2.05, 4.69) is 34.8 Å². The smallest absolute Gasteiger partial charge is 0.374 e. The Kier molecular flexibility index (Phi) is 13.3. The molecule has 4 aromatic heterocycles. The van der Waals surface area contributed by atoms with Gasteiger partial charge >= 0.3 is 5.97 Å². The third kappa shape index (κ3) is 10.2. The summed E-state index contributed by atoms with van der Waals surface area (Å²) in [6.07, 6.45) is 10.7. The third-order valence-corrected chi connectivity index (χ3v) is 13.8. The van der Waals surface area contributed by atoms with Crippen LogP contribution in [0.5, 0.6) is 5.75 Å². The van der Waals surface area contributed by atoms with E-state index in [1.807, 2.05) is 40.0 Å². The number of nitrogens with zero attached hydrogens (tertiary/aromatic N) is 11. The molecule has 0 bridgehead atoms. The van der Waals surface area contributed by atoms with Gasteiger partial charge in [-0.1, -0.05) is 18.2 Å². The van der Waals surface area contributed by atoms with Gasteiger partial charge in [0.1, 0.15) is 17.4 Å². The van der Waals surface area contributed by atoms with Crippen LogP contribution in [0, 0.1) is 23.2 Å². The average Bonchev–Trinajstić information content (AvgIpc) is 4.05.